The van der Waals surface area contributed by atoms with Crippen LogP contribution in [0.5, 0.6) is 0 Å². The summed E-state index contributed by atoms with van der Waals surface area (Å²) in [5.74, 6) is 0.870. The molecular weight excluding hydrogens is 372 g/mol. The Hall–Kier alpha value is -1.74. The molecular formula is C26H34N2S. The number of allylic oxidation sites excluding steroid dienone is 1. The fraction of sp³-hybridized carbons (Fsp3) is 0.500. The molecule has 0 fully saturated rings. The Kier molecular flexibility index (Phi) is 5.09. The summed E-state index contributed by atoms with van der Waals surface area (Å²) in [5.41, 5.74) is 10.3. The second kappa shape index (κ2) is 7.19. The highest BCUT2D eigenvalue weighted by Crippen LogP contribution is 2.52. The van der Waals surface area contributed by atoms with E-state index in [1.54, 1.807) is 17.3 Å². The standard InChI is InChI=1S/C26H34N2S/c1-8-13-29-24(27-7)19-15-18-16-21-23-22(20(18)14-17(19)2)26(5,6)10-12-28(23)11-9-25(21,3)4/h8,15-16H,1-2,9-14H2,3-7H3. The fourth-order valence-electron chi connectivity index (χ4n) is 5.23. The fourth-order valence-corrected chi connectivity index (χ4v) is 5.99. The van der Waals surface area contributed by atoms with Crippen molar-refractivity contribution in [3.8, 4) is 0 Å². The van der Waals surface area contributed by atoms with Gasteiger partial charge in [0.1, 0.15) is 0 Å². The molecule has 0 saturated heterocycles. The Morgan fingerprint density at radius 2 is 1.90 bits per heavy atom. The molecule has 0 unspecified atom stereocenters. The molecule has 0 N–H and O–H groups in total. The van der Waals surface area contributed by atoms with E-state index in [4.69, 9.17) is 0 Å². The molecule has 0 bridgehead atoms. The van der Waals surface area contributed by atoms with Crippen LogP contribution in [0.15, 0.2) is 41.4 Å². The first-order valence-corrected chi connectivity index (χ1v) is 11.7. The van der Waals surface area contributed by atoms with E-state index in [1.807, 2.05) is 13.1 Å². The van der Waals surface area contributed by atoms with Crippen LogP contribution in [-0.4, -0.2) is 30.9 Å². The number of hydrogen-bond donors (Lipinski definition) is 0. The summed E-state index contributed by atoms with van der Waals surface area (Å²) in [6, 6.07) is 2.49. The van der Waals surface area contributed by atoms with Crippen molar-refractivity contribution < 1.29 is 0 Å². The summed E-state index contributed by atoms with van der Waals surface area (Å²) in [4.78, 5) is 7.23. The molecule has 0 aromatic heterocycles. The van der Waals surface area contributed by atoms with E-state index in [1.165, 1.54) is 59.5 Å². The van der Waals surface area contributed by atoms with Crippen molar-refractivity contribution in [2.24, 2.45) is 4.99 Å². The third-order valence-electron chi connectivity index (χ3n) is 7.02. The zero-order valence-electron chi connectivity index (χ0n) is 18.7. The average Bonchev–Trinajstić information content (AvgIpc) is 2.66. The number of anilines is 1. The minimum Gasteiger partial charge on any atom is -0.371 e. The van der Waals surface area contributed by atoms with E-state index >= 15 is 0 Å². The molecule has 1 aliphatic carbocycles. The van der Waals surface area contributed by atoms with Gasteiger partial charge in [0.2, 0.25) is 0 Å². The second-order valence-corrected chi connectivity index (χ2v) is 10.9. The molecule has 1 aromatic carbocycles. The van der Waals surface area contributed by atoms with Gasteiger partial charge in [-0.05, 0) is 70.1 Å². The zero-order chi connectivity index (χ0) is 21.0. The van der Waals surface area contributed by atoms with Crippen LogP contribution in [0, 0.1) is 0 Å². The van der Waals surface area contributed by atoms with Crippen LogP contribution in [0.4, 0.5) is 5.69 Å². The van der Waals surface area contributed by atoms with Crippen molar-refractivity contribution in [3.05, 3.63) is 58.7 Å². The van der Waals surface area contributed by atoms with E-state index in [-0.39, 0.29) is 10.8 Å². The van der Waals surface area contributed by atoms with Crippen molar-refractivity contribution in [2.45, 2.75) is 57.8 Å². The predicted molar refractivity (Wildman–Crippen MR) is 131 cm³/mol. The van der Waals surface area contributed by atoms with Crippen LogP contribution >= 0.6 is 11.8 Å². The molecule has 0 spiro atoms. The normalized spacial score (nSPS) is 22.0. The summed E-state index contributed by atoms with van der Waals surface area (Å²) in [6.07, 6.45) is 7.66. The van der Waals surface area contributed by atoms with Gasteiger partial charge in [0.15, 0.2) is 0 Å². The first-order valence-electron chi connectivity index (χ1n) is 10.8. The van der Waals surface area contributed by atoms with Gasteiger partial charge in [-0.15, -0.1) is 18.3 Å². The van der Waals surface area contributed by atoms with Crippen LogP contribution in [-0.2, 0) is 17.3 Å². The van der Waals surface area contributed by atoms with Crippen molar-refractivity contribution in [1.82, 2.24) is 0 Å². The lowest BCUT2D eigenvalue weighted by Crippen LogP contribution is -2.45. The van der Waals surface area contributed by atoms with Crippen LogP contribution in [0.3, 0.4) is 0 Å². The smallest absolute Gasteiger partial charge is 0.0979 e. The average molecular weight is 407 g/mol. The van der Waals surface area contributed by atoms with Gasteiger partial charge in [0.25, 0.3) is 0 Å². The highest BCUT2D eigenvalue weighted by molar-refractivity contribution is 8.14. The maximum absolute atomic E-state index is 4.58. The Balaban J connectivity index is 1.95. The van der Waals surface area contributed by atoms with Crippen LogP contribution < -0.4 is 4.90 Å². The monoisotopic (exact) mass is 406 g/mol. The number of aliphatic imine (C=N–C) groups is 1. The van der Waals surface area contributed by atoms with Gasteiger partial charge in [0, 0.05) is 37.2 Å². The van der Waals surface area contributed by atoms with E-state index in [2.05, 4.69) is 62.9 Å². The lowest BCUT2D eigenvalue weighted by atomic mass is 9.66. The molecule has 0 amide bonds. The maximum Gasteiger partial charge on any atom is 0.0979 e. The summed E-state index contributed by atoms with van der Waals surface area (Å²) in [7, 11) is 1.88. The van der Waals surface area contributed by atoms with Gasteiger partial charge in [-0.2, -0.15) is 0 Å². The molecule has 0 radical (unpaired) electrons. The predicted octanol–water partition coefficient (Wildman–Crippen LogP) is 6.30. The number of benzene rings is 1. The number of rotatable bonds is 3. The summed E-state index contributed by atoms with van der Waals surface area (Å²) < 4.78 is 0. The van der Waals surface area contributed by atoms with Crippen molar-refractivity contribution >= 4 is 28.6 Å². The van der Waals surface area contributed by atoms with Gasteiger partial charge in [-0.25, -0.2) is 0 Å². The Labute approximate surface area is 180 Å². The van der Waals surface area contributed by atoms with E-state index in [9.17, 15) is 0 Å². The summed E-state index contributed by atoms with van der Waals surface area (Å²) in [5, 5.41) is 1.08. The number of nitrogens with zero attached hydrogens (tertiary/aromatic N) is 2. The Morgan fingerprint density at radius 3 is 2.55 bits per heavy atom. The lowest BCUT2D eigenvalue weighted by Gasteiger charge is -2.49. The Morgan fingerprint density at radius 1 is 1.21 bits per heavy atom. The minimum absolute atomic E-state index is 0.199. The molecule has 2 aliphatic heterocycles. The number of thioether (sulfide) groups is 1. The number of hydrogen-bond acceptors (Lipinski definition) is 3. The molecule has 3 aliphatic rings. The largest absolute Gasteiger partial charge is 0.371 e. The van der Waals surface area contributed by atoms with E-state index in [0.717, 1.165) is 17.2 Å². The van der Waals surface area contributed by atoms with Gasteiger partial charge in [-0.1, -0.05) is 40.3 Å². The van der Waals surface area contributed by atoms with Gasteiger partial charge in [-0.3, -0.25) is 4.99 Å². The highest BCUT2D eigenvalue weighted by atomic mass is 32.2. The first kappa shape index (κ1) is 20.5. The van der Waals surface area contributed by atoms with Gasteiger partial charge < -0.3 is 4.90 Å². The van der Waals surface area contributed by atoms with Crippen molar-refractivity contribution in [1.29, 1.82) is 0 Å². The first-order chi connectivity index (χ1) is 13.7. The van der Waals surface area contributed by atoms with Crippen molar-refractivity contribution in [2.75, 3.05) is 30.8 Å². The maximum atomic E-state index is 4.58. The Bertz CT molecular complexity index is 944. The van der Waals surface area contributed by atoms with E-state index < -0.39 is 0 Å². The SMILES string of the molecule is C=CCSC(=NC)C1=Cc2cc3c4c(c2CC1=C)C(C)(C)CCN4CCC3(C)C. The van der Waals surface area contributed by atoms with Crippen LogP contribution in [0.25, 0.3) is 6.08 Å². The minimum atomic E-state index is 0.199. The third kappa shape index (κ3) is 3.32. The second-order valence-electron chi connectivity index (χ2n) is 9.94. The molecule has 3 heteroatoms. The molecule has 0 saturated carbocycles. The van der Waals surface area contributed by atoms with Gasteiger partial charge >= 0.3 is 0 Å². The van der Waals surface area contributed by atoms with Crippen molar-refractivity contribution in [3.63, 3.8) is 0 Å². The topological polar surface area (TPSA) is 15.6 Å². The molecule has 29 heavy (non-hydrogen) atoms. The molecule has 1 aromatic rings. The third-order valence-corrected chi connectivity index (χ3v) is 8.10. The summed E-state index contributed by atoms with van der Waals surface area (Å²) >= 11 is 1.75. The summed E-state index contributed by atoms with van der Waals surface area (Å²) in [6.45, 7) is 20.4. The van der Waals surface area contributed by atoms with Gasteiger partial charge in [0.05, 0.1) is 5.04 Å². The van der Waals surface area contributed by atoms with E-state index in [0.29, 0.717) is 0 Å². The molecule has 0 atom stereocenters. The highest BCUT2D eigenvalue weighted by Gasteiger charge is 2.42. The van der Waals surface area contributed by atoms with Crippen LogP contribution in [0.1, 0.15) is 62.8 Å². The molecule has 2 heterocycles. The zero-order valence-corrected chi connectivity index (χ0v) is 19.5. The lowest BCUT2D eigenvalue weighted by molar-refractivity contribution is 0.399. The quantitative estimate of drug-likeness (QED) is 0.332. The molecule has 2 nitrogen and oxygen atoms in total. The van der Waals surface area contributed by atoms with Crippen LogP contribution in [0.2, 0.25) is 0 Å². The molecule has 154 valence electrons. The molecule has 4 rings (SSSR count). The number of fused-ring (bicyclic) bond motifs is 2.